The Morgan fingerprint density at radius 2 is 1.73 bits per heavy atom. The summed E-state index contributed by atoms with van der Waals surface area (Å²) >= 11 is 6.43. The molecule has 0 atom stereocenters. The van der Waals surface area contributed by atoms with Gasteiger partial charge in [0, 0.05) is 6.04 Å². The molecule has 0 spiro atoms. The summed E-state index contributed by atoms with van der Waals surface area (Å²) in [7, 11) is -1.85. The summed E-state index contributed by atoms with van der Waals surface area (Å²) in [4.78, 5) is 11.8. The van der Waals surface area contributed by atoms with Gasteiger partial charge in [-0.2, -0.15) is 4.98 Å². The number of halogens is 1. The quantitative estimate of drug-likeness (QED) is 0.266. The monoisotopic (exact) mass is 597 g/mol. The van der Waals surface area contributed by atoms with Gasteiger partial charge in [-0.1, -0.05) is 36.6 Å². The van der Waals surface area contributed by atoms with Crippen LogP contribution < -0.4 is 15.4 Å². The Bertz CT molecular complexity index is 1480. The van der Waals surface area contributed by atoms with E-state index in [0.29, 0.717) is 23.4 Å². The molecule has 3 aromatic rings. The van der Waals surface area contributed by atoms with Crippen molar-refractivity contribution in [1.29, 1.82) is 0 Å². The molecule has 2 fully saturated rings. The molecule has 1 saturated heterocycles. The number of methoxy groups -OCH3 is 1. The van der Waals surface area contributed by atoms with Crippen molar-refractivity contribution < 1.29 is 13.2 Å². The molecule has 2 aliphatic rings. The van der Waals surface area contributed by atoms with Crippen LogP contribution in [0.5, 0.6) is 5.75 Å². The third-order valence-corrected chi connectivity index (χ3v) is 10.9. The highest BCUT2D eigenvalue weighted by Gasteiger charge is 2.29. The number of likely N-dealkylation sites (tertiary alicyclic amines) is 1. The number of nitrogens with zero attached hydrogens (tertiary/aromatic N) is 3. The maximum atomic E-state index is 12.9. The molecule has 0 bridgehead atoms. The molecule has 1 saturated carbocycles. The number of para-hydroxylation sites is 1. The summed E-state index contributed by atoms with van der Waals surface area (Å²) in [6, 6.07) is 11.8. The van der Waals surface area contributed by atoms with Gasteiger partial charge in [-0.3, -0.25) is 0 Å². The minimum Gasteiger partial charge on any atom is -0.495 e. The molecule has 1 aliphatic carbocycles. The lowest BCUT2D eigenvalue weighted by molar-refractivity contribution is 0.154. The molecule has 2 N–H and O–H groups in total. The fraction of sp³-hybridized carbons (Fsp3) is 0.484. The summed E-state index contributed by atoms with van der Waals surface area (Å²) in [6.07, 6.45) is 9.27. The lowest BCUT2D eigenvalue weighted by Gasteiger charge is -2.36. The van der Waals surface area contributed by atoms with Crippen LogP contribution in [0, 0.1) is 6.92 Å². The molecule has 10 heteroatoms. The Labute approximate surface area is 248 Å². The molecular weight excluding hydrogens is 558 g/mol. The van der Waals surface area contributed by atoms with Crippen LogP contribution in [0.4, 0.5) is 23.1 Å². The number of ether oxygens (including phenoxy) is 1. The minimum atomic E-state index is -3.52. The first-order chi connectivity index (χ1) is 19.7. The normalized spacial score (nSPS) is 17.2. The number of rotatable bonds is 9. The van der Waals surface area contributed by atoms with Gasteiger partial charge in [0.2, 0.25) is 5.95 Å². The fourth-order valence-electron chi connectivity index (χ4n) is 6.09. The van der Waals surface area contributed by atoms with Gasteiger partial charge >= 0.3 is 0 Å². The van der Waals surface area contributed by atoms with Crippen molar-refractivity contribution in [3.63, 3.8) is 0 Å². The number of aromatic nitrogens is 2. The van der Waals surface area contributed by atoms with E-state index < -0.39 is 15.1 Å². The number of piperidine rings is 1. The standard InChI is InChI=1S/C31H40ClN5O3S/c1-20(2)41(38,39)29-12-8-7-11-26(29)34-30-25(32)19-33-31(36-30)35-27-17-21(3)24(18-28(27)40-4)22-13-15-37(16-14-22)23-9-5-6-10-23/h7-8,11-12,17-20,22-23H,5-6,9-10,13-16H2,1-4H3,(H2,33,34,35,36). The van der Waals surface area contributed by atoms with Crippen LogP contribution >= 0.6 is 11.6 Å². The number of nitrogens with one attached hydrogen (secondary N) is 2. The molecule has 220 valence electrons. The highest BCUT2D eigenvalue weighted by atomic mass is 35.5. The summed E-state index contributed by atoms with van der Waals surface area (Å²) in [6.45, 7) is 7.78. The van der Waals surface area contributed by atoms with Crippen LogP contribution in [0.15, 0.2) is 47.5 Å². The summed E-state index contributed by atoms with van der Waals surface area (Å²) in [5, 5.41) is 6.09. The number of hydrogen-bond acceptors (Lipinski definition) is 8. The third kappa shape index (κ3) is 6.47. The first-order valence-corrected chi connectivity index (χ1v) is 16.4. The number of sulfone groups is 1. The zero-order valence-electron chi connectivity index (χ0n) is 24.3. The molecule has 2 aromatic carbocycles. The number of aryl methyl sites for hydroxylation is 1. The second-order valence-corrected chi connectivity index (χ2v) is 14.3. The molecule has 1 aliphatic heterocycles. The summed E-state index contributed by atoms with van der Waals surface area (Å²) in [5.41, 5.74) is 3.70. The Balaban J connectivity index is 1.35. The first-order valence-electron chi connectivity index (χ1n) is 14.5. The Kier molecular flexibility index (Phi) is 9.06. The van der Waals surface area contributed by atoms with Crippen molar-refractivity contribution in [3.8, 4) is 5.75 Å². The zero-order chi connectivity index (χ0) is 29.1. The largest absolute Gasteiger partial charge is 0.495 e. The Hall–Kier alpha value is -2.88. The molecule has 0 radical (unpaired) electrons. The Morgan fingerprint density at radius 1 is 1.02 bits per heavy atom. The van der Waals surface area contributed by atoms with E-state index in [1.54, 1.807) is 45.2 Å². The first kappa shape index (κ1) is 29.6. The molecule has 2 heterocycles. The molecule has 5 rings (SSSR count). The van der Waals surface area contributed by atoms with Crippen LogP contribution in [0.1, 0.15) is 69.4 Å². The van der Waals surface area contributed by atoms with E-state index in [4.69, 9.17) is 16.3 Å². The molecule has 0 amide bonds. The third-order valence-electron chi connectivity index (χ3n) is 8.46. The number of anilines is 4. The van der Waals surface area contributed by atoms with Gasteiger partial charge in [-0.05, 0) is 101 Å². The maximum Gasteiger partial charge on any atom is 0.229 e. The van der Waals surface area contributed by atoms with Gasteiger partial charge in [0.05, 0.1) is 34.8 Å². The van der Waals surface area contributed by atoms with E-state index in [9.17, 15) is 8.42 Å². The number of benzene rings is 2. The predicted molar refractivity (Wildman–Crippen MR) is 166 cm³/mol. The smallest absolute Gasteiger partial charge is 0.229 e. The minimum absolute atomic E-state index is 0.196. The van der Waals surface area contributed by atoms with E-state index in [1.807, 2.05) is 0 Å². The van der Waals surface area contributed by atoms with Crippen molar-refractivity contribution in [2.75, 3.05) is 30.8 Å². The van der Waals surface area contributed by atoms with Gasteiger partial charge < -0.3 is 20.3 Å². The molecule has 41 heavy (non-hydrogen) atoms. The van der Waals surface area contributed by atoms with Gasteiger partial charge in [0.15, 0.2) is 15.7 Å². The van der Waals surface area contributed by atoms with Crippen molar-refractivity contribution in [3.05, 3.63) is 58.7 Å². The van der Waals surface area contributed by atoms with Gasteiger partial charge in [-0.15, -0.1) is 0 Å². The lowest BCUT2D eigenvalue weighted by atomic mass is 9.86. The summed E-state index contributed by atoms with van der Waals surface area (Å²) in [5.74, 6) is 1.86. The van der Waals surface area contributed by atoms with E-state index in [0.717, 1.165) is 43.4 Å². The van der Waals surface area contributed by atoms with E-state index in [1.165, 1.54) is 43.0 Å². The van der Waals surface area contributed by atoms with Gasteiger partial charge in [0.25, 0.3) is 0 Å². The van der Waals surface area contributed by atoms with Crippen LogP contribution in [0.3, 0.4) is 0 Å². The Morgan fingerprint density at radius 3 is 2.41 bits per heavy atom. The van der Waals surface area contributed by atoms with Crippen molar-refractivity contribution in [2.24, 2.45) is 0 Å². The fourth-order valence-corrected chi connectivity index (χ4v) is 7.43. The van der Waals surface area contributed by atoms with Crippen LogP contribution in [0.2, 0.25) is 5.02 Å². The predicted octanol–water partition coefficient (Wildman–Crippen LogP) is 7.24. The van der Waals surface area contributed by atoms with Crippen LogP contribution in [-0.4, -0.2) is 54.8 Å². The van der Waals surface area contributed by atoms with Gasteiger partial charge in [-0.25, -0.2) is 13.4 Å². The molecular formula is C31H40ClN5O3S. The van der Waals surface area contributed by atoms with Crippen molar-refractivity contribution in [1.82, 2.24) is 14.9 Å². The number of hydrogen-bond donors (Lipinski definition) is 2. The second-order valence-electron chi connectivity index (χ2n) is 11.4. The highest BCUT2D eigenvalue weighted by Crippen LogP contribution is 2.39. The molecule has 8 nitrogen and oxygen atoms in total. The van der Waals surface area contributed by atoms with Crippen molar-refractivity contribution in [2.45, 2.75) is 81.4 Å². The lowest BCUT2D eigenvalue weighted by Crippen LogP contribution is -2.39. The van der Waals surface area contributed by atoms with E-state index >= 15 is 0 Å². The average Bonchev–Trinajstić information content (AvgIpc) is 3.50. The average molecular weight is 598 g/mol. The zero-order valence-corrected chi connectivity index (χ0v) is 25.9. The van der Waals surface area contributed by atoms with E-state index in [2.05, 4.69) is 44.6 Å². The summed E-state index contributed by atoms with van der Waals surface area (Å²) < 4.78 is 31.6. The van der Waals surface area contributed by atoms with Crippen LogP contribution in [-0.2, 0) is 9.84 Å². The second kappa shape index (κ2) is 12.5. The van der Waals surface area contributed by atoms with E-state index in [-0.39, 0.29) is 9.92 Å². The SMILES string of the molecule is COc1cc(C2CCN(C3CCCC3)CC2)c(C)cc1Nc1ncc(Cl)c(Nc2ccccc2S(=O)(=O)C(C)C)n1. The van der Waals surface area contributed by atoms with Gasteiger partial charge in [0.1, 0.15) is 10.8 Å². The molecule has 1 aromatic heterocycles. The van der Waals surface area contributed by atoms with Crippen molar-refractivity contribution >= 4 is 44.6 Å². The molecule has 0 unspecified atom stereocenters. The highest BCUT2D eigenvalue weighted by molar-refractivity contribution is 7.92. The maximum absolute atomic E-state index is 12.9. The van der Waals surface area contributed by atoms with Crippen LogP contribution in [0.25, 0.3) is 0 Å². The topological polar surface area (TPSA) is 96.5 Å².